The molecular formula is C12H13N3S. The number of hydrogen-bond acceptors (Lipinski definition) is 3. The number of rotatable bonds is 2. The van der Waals surface area contributed by atoms with Gasteiger partial charge in [-0.25, -0.2) is 4.68 Å². The van der Waals surface area contributed by atoms with Crippen molar-refractivity contribution in [1.29, 1.82) is 0 Å². The molecule has 2 aromatic rings. The summed E-state index contributed by atoms with van der Waals surface area (Å²) >= 11 is 1.94. The summed E-state index contributed by atoms with van der Waals surface area (Å²) in [5, 5.41) is 4.45. The first-order chi connectivity index (χ1) is 7.88. The Balaban J connectivity index is 2.08. The van der Waals surface area contributed by atoms with Crippen molar-refractivity contribution in [3.63, 3.8) is 0 Å². The summed E-state index contributed by atoms with van der Waals surface area (Å²) in [5.74, 6) is 2.15. The molecule has 0 radical (unpaired) electrons. The van der Waals surface area contributed by atoms with Gasteiger partial charge in [0.05, 0.1) is 17.6 Å². The van der Waals surface area contributed by atoms with Crippen molar-refractivity contribution in [2.45, 2.75) is 18.1 Å². The third kappa shape index (κ3) is 1.54. The van der Waals surface area contributed by atoms with E-state index in [0.29, 0.717) is 6.54 Å². The molecule has 1 aliphatic heterocycles. The average Bonchev–Trinajstić information content (AvgIpc) is 2.90. The van der Waals surface area contributed by atoms with Crippen LogP contribution in [0.25, 0.3) is 5.69 Å². The second-order valence-corrected chi connectivity index (χ2v) is 4.88. The molecule has 0 bridgehead atoms. The summed E-state index contributed by atoms with van der Waals surface area (Å²) in [6.07, 6.45) is 1.98. The van der Waals surface area contributed by atoms with Gasteiger partial charge in [-0.2, -0.15) is 16.9 Å². The van der Waals surface area contributed by atoms with E-state index >= 15 is 0 Å². The topological polar surface area (TPSA) is 43.8 Å². The highest BCUT2D eigenvalue weighted by atomic mass is 32.2. The predicted molar refractivity (Wildman–Crippen MR) is 66.5 cm³/mol. The molecule has 0 fully saturated rings. The highest BCUT2D eigenvalue weighted by molar-refractivity contribution is 7.98. The van der Waals surface area contributed by atoms with Gasteiger partial charge in [-0.3, -0.25) is 0 Å². The summed E-state index contributed by atoms with van der Waals surface area (Å²) < 4.78 is 2.04. The molecule has 2 heterocycles. The Labute approximate surface area is 98.6 Å². The van der Waals surface area contributed by atoms with Gasteiger partial charge in [0.1, 0.15) is 0 Å². The summed E-state index contributed by atoms with van der Waals surface area (Å²) in [7, 11) is 0. The van der Waals surface area contributed by atoms with E-state index in [9.17, 15) is 0 Å². The summed E-state index contributed by atoms with van der Waals surface area (Å²) in [6, 6.07) is 8.27. The third-order valence-corrected chi connectivity index (χ3v) is 3.84. The lowest BCUT2D eigenvalue weighted by molar-refractivity contribution is 0.839. The van der Waals surface area contributed by atoms with Crippen molar-refractivity contribution in [3.05, 3.63) is 47.3 Å². The maximum atomic E-state index is 5.65. The van der Waals surface area contributed by atoms with Crippen LogP contribution in [0.2, 0.25) is 0 Å². The van der Waals surface area contributed by atoms with Gasteiger partial charge in [-0.15, -0.1) is 0 Å². The first kappa shape index (κ1) is 9.93. The minimum atomic E-state index is 0.575. The van der Waals surface area contributed by atoms with E-state index in [1.165, 1.54) is 11.3 Å². The fraction of sp³-hybridized carbons (Fsp3) is 0.250. The molecule has 0 spiro atoms. The maximum absolute atomic E-state index is 5.65. The molecule has 16 heavy (non-hydrogen) atoms. The van der Waals surface area contributed by atoms with Crippen molar-refractivity contribution in [2.75, 3.05) is 0 Å². The smallest absolute Gasteiger partial charge is 0.0652 e. The molecule has 0 aliphatic carbocycles. The van der Waals surface area contributed by atoms with Crippen molar-refractivity contribution < 1.29 is 0 Å². The van der Waals surface area contributed by atoms with Crippen molar-refractivity contribution in [1.82, 2.24) is 9.78 Å². The molecule has 4 heteroatoms. The number of nitrogens with two attached hydrogens (primary N) is 1. The number of benzene rings is 1. The fourth-order valence-corrected chi connectivity index (χ4v) is 3.04. The summed E-state index contributed by atoms with van der Waals surface area (Å²) in [4.78, 5) is 0. The molecule has 3 rings (SSSR count). The van der Waals surface area contributed by atoms with E-state index in [1.807, 2.05) is 34.8 Å². The molecule has 0 saturated carbocycles. The first-order valence-corrected chi connectivity index (χ1v) is 6.47. The molecule has 1 aromatic heterocycles. The number of thioether (sulfide) groups is 1. The van der Waals surface area contributed by atoms with Crippen LogP contribution in [0, 0.1) is 0 Å². The molecule has 1 aromatic carbocycles. The maximum Gasteiger partial charge on any atom is 0.0652 e. The van der Waals surface area contributed by atoms with Crippen LogP contribution in [-0.2, 0) is 18.1 Å². The lowest BCUT2D eigenvalue weighted by atomic mass is 10.2. The van der Waals surface area contributed by atoms with E-state index in [-0.39, 0.29) is 0 Å². The van der Waals surface area contributed by atoms with Crippen molar-refractivity contribution in [2.24, 2.45) is 5.73 Å². The molecule has 82 valence electrons. The molecule has 0 saturated heterocycles. The number of nitrogens with zero attached hydrogens (tertiary/aromatic N) is 2. The normalized spacial score (nSPS) is 14.1. The van der Waals surface area contributed by atoms with Crippen LogP contribution >= 0.6 is 11.8 Å². The van der Waals surface area contributed by atoms with Crippen LogP contribution in [-0.4, -0.2) is 9.78 Å². The highest BCUT2D eigenvalue weighted by Crippen LogP contribution is 2.30. The minimum Gasteiger partial charge on any atom is -0.326 e. The van der Waals surface area contributed by atoms with Gasteiger partial charge in [-0.05, 0) is 17.7 Å². The molecular weight excluding hydrogens is 218 g/mol. The van der Waals surface area contributed by atoms with E-state index in [1.54, 1.807) is 0 Å². The Morgan fingerprint density at radius 2 is 2.31 bits per heavy atom. The fourth-order valence-electron chi connectivity index (χ4n) is 1.98. The van der Waals surface area contributed by atoms with Gasteiger partial charge < -0.3 is 5.73 Å². The predicted octanol–water partition coefficient (Wildman–Crippen LogP) is 2.08. The Kier molecular flexibility index (Phi) is 2.46. The monoisotopic (exact) mass is 231 g/mol. The second kappa shape index (κ2) is 3.96. The van der Waals surface area contributed by atoms with Gasteiger partial charge in [0.25, 0.3) is 0 Å². The molecule has 1 aliphatic rings. The zero-order chi connectivity index (χ0) is 11.0. The molecule has 3 nitrogen and oxygen atoms in total. The SMILES string of the molecule is NCc1cccc(-n2ncc3c2CSC3)c1. The van der Waals surface area contributed by atoms with E-state index in [0.717, 1.165) is 22.8 Å². The van der Waals surface area contributed by atoms with Crippen LogP contribution in [0.3, 0.4) is 0 Å². The molecule has 0 amide bonds. The van der Waals surface area contributed by atoms with Crippen LogP contribution < -0.4 is 5.73 Å². The molecule has 0 unspecified atom stereocenters. The summed E-state index contributed by atoms with van der Waals surface area (Å²) in [6.45, 7) is 0.575. The minimum absolute atomic E-state index is 0.575. The van der Waals surface area contributed by atoms with Gasteiger partial charge >= 0.3 is 0 Å². The Morgan fingerprint density at radius 3 is 3.19 bits per heavy atom. The Hall–Kier alpha value is -1.26. The number of aromatic nitrogens is 2. The summed E-state index contributed by atoms with van der Waals surface area (Å²) in [5.41, 5.74) is 10.6. The van der Waals surface area contributed by atoms with Gasteiger partial charge in [0.2, 0.25) is 0 Å². The van der Waals surface area contributed by atoms with Crippen LogP contribution in [0.5, 0.6) is 0 Å². The zero-order valence-corrected chi connectivity index (χ0v) is 9.70. The van der Waals surface area contributed by atoms with Crippen LogP contribution in [0.4, 0.5) is 0 Å². The van der Waals surface area contributed by atoms with Gasteiger partial charge in [0.15, 0.2) is 0 Å². The van der Waals surface area contributed by atoms with Crippen molar-refractivity contribution in [3.8, 4) is 5.69 Å². The van der Waals surface area contributed by atoms with Crippen LogP contribution in [0.15, 0.2) is 30.5 Å². The first-order valence-electron chi connectivity index (χ1n) is 5.31. The Morgan fingerprint density at radius 1 is 1.38 bits per heavy atom. The quantitative estimate of drug-likeness (QED) is 0.860. The van der Waals surface area contributed by atoms with E-state index in [2.05, 4.69) is 17.2 Å². The van der Waals surface area contributed by atoms with Gasteiger partial charge in [0, 0.05) is 23.6 Å². The highest BCUT2D eigenvalue weighted by Gasteiger charge is 2.17. The van der Waals surface area contributed by atoms with Crippen molar-refractivity contribution >= 4 is 11.8 Å². The lowest BCUT2D eigenvalue weighted by Crippen LogP contribution is -2.03. The van der Waals surface area contributed by atoms with E-state index in [4.69, 9.17) is 5.73 Å². The molecule has 2 N–H and O–H groups in total. The lowest BCUT2D eigenvalue weighted by Gasteiger charge is -2.06. The zero-order valence-electron chi connectivity index (χ0n) is 8.89. The van der Waals surface area contributed by atoms with Crippen LogP contribution in [0.1, 0.15) is 16.8 Å². The van der Waals surface area contributed by atoms with E-state index < -0.39 is 0 Å². The number of fused-ring (bicyclic) bond motifs is 1. The Bertz CT molecular complexity index is 519. The average molecular weight is 231 g/mol. The standard InChI is InChI=1S/C12H13N3S/c13-5-9-2-1-3-11(4-9)15-12-8-16-7-10(12)6-14-15/h1-4,6H,5,7-8,13H2. The second-order valence-electron chi connectivity index (χ2n) is 3.90. The number of hydrogen-bond donors (Lipinski definition) is 1. The van der Waals surface area contributed by atoms with Gasteiger partial charge in [-0.1, -0.05) is 12.1 Å². The molecule has 0 atom stereocenters. The third-order valence-electron chi connectivity index (χ3n) is 2.84. The largest absolute Gasteiger partial charge is 0.326 e.